The lowest BCUT2D eigenvalue weighted by Crippen LogP contribution is -2.37. The number of carbonyl (C=O) groups excluding carboxylic acids is 1. The Balaban J connectivity index is 0.000000420. The van der Waals surface area contributed by atoms with E-state index in [0.717, 1.165) is 103 Å². The molecule has 1 saturated heterocycles. The van der Waals surface area contributed by atoms with Crippen molar-refractivity contribution in [1.29, 1.82) is 0 Å². The maximum atomic E-state index is 11.9. The summed E-state index contributed by atoms with van der Waals surface area (Å²) in [6.07, 6.45) is 4.22. The van der Waals surface area contributed by atoms with Crippen LogP contribution in [0.1, 0.15) is 63.7 Å². The van der Waals surface area contributed by atoms with Crippen LogP contribution in [0.15, 0.2) is 42.5 Å². The molecule has 0 radical (unpaired) electrons. The average Bonchev–Trinajstić information content (AvgIpc) is 3.02. The van der Waals surface area contributed by atoms with Gasteiger partial charge in [0.15, 0.2) is 0 Å². The van der Waals surface area contributed by atoms with E-state index in [1.165, 1.54) is 0 Å². The summed E-state index contributed by atoms with van der Waals surface area (Å²) in [5.74, 6) is 2.09. The summed E-state index contributed by atoms with van der Waals surface area (Å²) in [6.45, 7) is 18.4. The van der Waals surface area contributed by atoms with E-state index in [0.29, 0.717) is 30.2 Å². The second-order valence-electron chi connectivity index (χ2n) is 10.1. The molecular weight excluding hydrogens is 570 g/mol. The van der Waals surface area contributed by atoms with Gasteiger partial charge in [0.25, 0.3) is 0 Å². The number of carbonyl (C=O) groups is 1. The van der Waals surface area contributed by atoms with E-state index in [9.17, 15) is 4.79 Å². The Morgan fingerprint density at radius 3 is 2.02 bits per heavy atom. The molecule has 0 spiro atoms. The van der Waals surface area contributed by atoms with E-state index in [4.69, 9.17) is 29.4 Å². The number of nitrogens with zero attached hydrogens (tertiary/aromatic N) is 2. The highest BCUT2D eigenvalue weighted by atomic mass is 35.5. The zero-order valence-electron chi connectivity index (χ0n) is 26.7. The molecule has 0 atom stereocenters. The van der Waals surface area contributed by atoms with Gasteiger partial charge in [0.1, 0.15) is 23.9 Å². The van der Waals surface area contributed by atoms with E-state index < -0.39 is 0 Å². The van der Waals surface area contributed by atoms with Crippen LogP contribution in [0.4, 0.5) is 5.69 Å². The van der Waals surface area contributed by atoms with E-state index in [-0.39, 0.29) is 18.4 Å². The van der Waals surface area contributed by atoms with Crippen molar-refractivity contribution in [1.82, 2.24) is 9.80 Å². The molecule has 0 aliphatic carbocycles. The minimum atomic E-state index is -0.351. The summed E-state index contributed by atoms with van der Waals surface area (Å²) in [4.78, 5) is 16.6. The molecule has 0 aromatic heterocycles. The molecule has 3 rings (SSSR count). The first-order valence-corrected chi connectivity index (χ1v) is 15.6. The first kappa shape index (κ1) is 38.3. The molecular formula is C33H54ClN3O6. The largest absolute Gasteiger partial charge is 0.494 e. The second kappa shape index (κ2) is 23.7. The molecule has 43 heavy (non-hydrogen) atoms. The molecule has 2 N–H and O–H groups in total. The Kier molecular flexibility index (Phi) is 21.1. The number of nitrogen functional groups attached to an aromatic ring is 1. The predicted octanol–water partition coefficient (Wildman–Crippen LogP) is 5.94. The molecule has 1 fully saturated rings. The first-order valence-electron chi connectivity index (χ1n) is 15.6. The summed E-state index contributed by atoms with van der Waals surface area (Å²) >= 11 is 0. The van der Waals surface area contributed by atoms with Gasteiger partial charge in [-0.05, 0) is 74.8 Å². The molecule has 10 heteroatoms. The fourth-order valence-corrected chi connectivity index (χ4v) is 4.18. The van der Waals surface area contributed by atoms with Gasteiger partial charge in [0.05, 0.1) is 44.3 Å². The molecule has 1 heterocycles. The highest BCUT2D eigenvalue weighted by molar-refractivity contribution is 5.91. The Morgan fingerprint density at radius 1 is 0.837 bits per heavy atom. The molecule has 9 nitrogen and oxygen atoms in total. The maximum absolute atomic E-state index is 11.9. The van der Waals surface area contributed by atoms with Crippen molar-refractivity contribution in [2.75, 3.05) is 84.6 Å². The minimum absolute atomic E-state index is 0. The number of nitrogens with two attached hydrogens (primary N) is 1. The fraction of sp³-hybridized carbons (Fsp3) is 0.606. The molecule has 244 valence electrons. The second-order valence-corrected chi connectivity index (χ2v) is 10.1. The molecule has 1 aliphatic heterocycles. The zero-order chi connectivity index (χ0) is 30.4. The van der Waals surface area contributed by atoms with Crippen molar-refractivity contribution in [3.8, 4) is 17.2 Å². The summed E-state index contributed by atoms with van der Waals surface area (Å²) < 4.78 is 27.5. The van der Waals surface area contributed by atoms with Gasteiger partial charge < -0.3 is 34.3 Å². The number of morpholine rings is 1. The smallest absolute Gasteiger partial charge is 0.338 e. The van der Waals surface area contributed by atoms with E-state index in [2.05, 4.69) is 30.6 Å². The zero-order valence-corrected chi connectivity index (χ0v) is 27.5. The number of benzene rings is 2. The number of rotatable bonds is 18. The lowest BCUT2D eigenvalue weighted by molar-refractivity contribution is 0.0358. The number of esters is 1. The quantitative estimate of drug-likeness (QED) is 0.123. The molecule has 0 amide bonds. The van der Waals surface area contributed by atoms with Crippen LogP contribution in [-0.2, 0) is 9.47 Å². The third kappa shape index (κ3) is 16.1. The summed E-state index contributed by atoms with van der Waals surface area (Å²) in [5.41, 5.74) is 6.79. The third-order valence-electron chi connectivity index (χ3n) is 6.82. The van der Waals surface area contributed by atoms with Crippen molar-refractivity contribution in [3.05, 3.63) is 48.0 Å². The molecule has 0 bridgehead atoms. The highest BCUT2D eigenvalue weighted by Crippen LogP contribution is 2.23. The highest BCUT2D eigenvalue weighted by Gasteiger charge is 2.11. The molecule has 2 aromatic carbocycles. The number of ether oxygens (including phenoxy) is 5. The normalized spacial score (nSPS) is 13.0. The predicted molar refractivity (Wildman–Crippen MR) is 176 cm³/mol. The Morgan fingerprint density at radius 2 is 1.47 bits per heavy atom. The van der Waals surface area contributed by atoms with Crippen molar-refractivity contribution < 1.29 is 28.5 Å². The number of hydrogen-bond donors (Lipinski definition) is 1. The van der Waals surface area contributed by atoms with E-state index in [1.54, 1.807) is 18.2 Å². The Labute approximate surface area is 265 Å². The topological polar surface area (TPSA) is 95.7 Å². The number of likely N-dealkylation sites (N-methyl/N-ethyl adjacent to an activating group) is 1. The van der Waals surface area contributed by atoms with Crippen molar-refractivity contribution in [2.45, 2.75) is 53.4 Å². The van der Waals surface area contributed by atoms with Gasteiger partial charge in [-0.2, -0.15) is 0 Å². The number of hydrogen-bond acceptors (Lipinski definition) is 9. The molecule has 0 saturated carbocycles. The third-order valence-corrected chi connectivity index (χ3v) is 6.82. The van der Waals surface area contributed by atoms with Crippen molar-refractivity contribution in [3.63, 3.8) is 0 Å². The van der Waals surface area contributed by atoms with Crippen molar-refractivity contribution >= 4 is 24.1 Å². The van der Waals surface area contributed by atoms with Crippen LogP contribution in [0.25, 0.3) is 0 Å². The van der Waals surface area contributed by atoms with Gasteiger partial charge in [-0.3, -0.25) is 4.90 Å². The monoisotopic (exact) mass is 623 g/mol. The number of unbranched alkanes of at least 4 members (excludes halogenated alkanes) is 1. The van der Waals surface area contributed by atoms with E-state index >= 15 is 0 Å². The van der Waals surface area contributed by atoms with Gasteiger partial charge in [-0.15, -0.1) is 12.4 Å². The standard InChI is InChI=1S/C17H27NO3.C16H26N2O3.ClH/c1-2-3-12-20-16-5-7-17(8-6-16)21-13-4-9-18-10-14-19-15-11-18;1-4-10-20-15-8-7-13(12-14(15)17)16(19)21-11-9-18(5-2)6-3;/h5-8H,2-4,9-15H2,1H3;7-8,12H,4-6,9-11,17H2,1-3H3;1H. The van der Waals surface area contributed by atoms with Gasteiger partial charge in [-0.1, -0.05) is 34.1 Å². The fourth-order valence-electron chi connectivity index (χ4n) is 4.18. The first-order chi connectivity index (χ1) is 20.5. The van der Waals surface area contributed by atoms with Gasteiger partial charge in [0.2, 0.25) is 0 Å². The van der Waals surface area contributed by atoms with Gasteiger partial charge in [-0.25, -0.2) is 4.79 Å². The van der Waals surface area contributed by atoms with Crippen LogP contribution in [0, 0.1) is 0 Å². The van der Waals surface area contributed by atoms with Crippen LogP contribution in [0.3, 0.4) is 0 Å². The van der Waals surface area contributed by atoms with Gasteiger partial charge >= 0.3 is 5.97 Å². The van der Waals surface area contributed by atoms with Crippen LogP contribution < -0.4 is 19.9 Å². The van der Waals surface area contributed by atoms with Crippen LogP contribution in [0.5, 0.6) is 17.2 Å². The van der Waals surface area contributed by atoms with Crippen LogP contribution >= 0.6 is 12.4 Å². The molecule has 2 aromatic rings. The summed E-state index contributed by atoms with van der Waals surface area (Å²) in [5, 5.41) is 0. The van der Waals surface area contributed by atoms with Crippen LogP contribution in [0.2, 0.25) is 0 Å². The molecule has 1 aliphatic rings. The lowest BCUT2D eigenvalue weighted by atomic mass is 10.2. The number of halogens is 1. The molecule has 0 unspecified atom stereocenters. The van der Waals surface area contributed by atoms with Gasteiger partial charge in [0, 0.05) is 26.2 Å². The maximum Gasteiger partial charge on any atom is 0.338 e. The SMILES string of the molecule is CCCCOc1ccc(OCCCN2CCOCC2)cc1.CCCOc1ccc(C(=O)OCCN(CC)CC)cc1N.Cl. The Hall–Kier alpha value is -2.72. The van der Waals surface area contributed by atoms with Crippen molar-refractivity contribution in [2.24, 2.45) is 0 Å². The summed E-state index contributed by atoms with van der Waals surface area (Å²) in [7, 11) is 0. The minimum Gasteiger partial charge on any atom is -0.494 e. The van der Waals surface area contributed by atoms with Crippen LogP contribution in [-0.4, -0.2) is 94.7 Å². The lowest BCUT2D eigenvalue weighted by Gasteiger charge is -2.26. The number of anilines is 1. The van der Waals surface area contributed by atoms with E-state index in [1.807, 2.05) is 31.2 Å². The summed E-state index contributed by atoms with van der Waals surface area (Å²) in [6, 6.07) is 12.9. The average molecular weight is 624 g/mol. The Bertz CT molecular complexity index is 985.